The predicted molar refractivity (Wildman–Crippen MR) is 59.8 cm³/mol. The zero-order chi connectivity index (χ0) is 12.3. The first-order valence-electron chi connectivity index (χ1n) is 4.46. The van der Waals surface area contributed by atoms with E-state index in [1.165, 1.54) is 25.1 Å². The van der Waals surface area contributed by atoms with Crippen LogP contribution in [0, 0.1) is 5.82 Å². The van der Waals surface area contributed by atoms with Crippen molar-refractivity contribution < 1.29 is 19.4 Å². The van der Waals surface area contributed by atoms with Crippen LogP contribution in [0.3, 0.4) is 0 Å². The highest BCUT2D eigenvalue weighted by Gasteiger charge is 2.30. The Morgan fingerprint density at radius 1 is 1.62 bits per heavy atom. The third-order valence-corrected chi connectivity index (χ3v) is 3.32. The van der Waals surface area contributed by atoms with Crippen LogP contribution < -0.4 is 5.73 Å². The van der Waals surface area contributed by atoms with Gasteiger partial charge in [0.15, 0.2) is 5.60 Å². The summed E-state index contributed by atoms with van der Waals surface area (Å²) in [5, 5.41) is 18.1. The molecule has 0 fully saturated rings. The Kier molecular flexibility index (Phi) is 3.77. The number of rotatable bonds is 4. The van der Waals surface area contributed by atoms with Gasteiger partial charge in [0, 0.05) is 16.3 Å². The number of carboxylic acids is 1. The van der Waals surface area contributed by atoms with Crippen LogP contribution >= 0.6 is 11.8 Å². The summed E-state index contributed by atoms with van der Waals surface area (Å²) < 4.78 is 12.9. The molecule has 0 heterocycles. The molecule has 0 radical (unpaired) electrons. The molecule has 0 saturated heterocycles. The highest BCUT2D eigenvalue weighted by molar-refractivity contribution is 7.99. The number of aliphatic carboxylic acids is 1. The fourth-order valence-electron chi connectivity index (χ4n) is 0.913. The smallest absolute Gasteiger partial charge is 0.336 e. The number of benzene rings is 1. The van der Waals surface area contributed by atoms with E-state index in [0.29, 0.717) is 10.6 Å². The number of halogens is 1. The summed E-state index contributed by atoms with van der Waals surface area (Å²) in [5.74, 6) is -1.88. The van der Waals surface area contributed by atoms with Gasteiger partial charge in [-0.2, -0.15) is 0 Å². The topological polar surface area (TPSA) is 83.5 Å². The largest absolute Gasteiger partial charge is 0.479 e. The molecule has 0 aliphatic heterocycles. The van der Waals surface area contributed by atoms with Crippen molar-refractivity contribution in [3.63, 3.8) is 0 Å². The molecule has 1 unspecified atom stereocenters. The number of carboxylic acid groups (broad SMARTS) is 1. The van der Waals surface area contributed by atoms with Crippen molar-refractivity contribution in [1.82, 2.24) is 0 Å². The molecular formula is C10H12FNO3S. The molecule has 16 heavy (non-hydrogen) atoms. The predicted octanol–water partition coefficient (Wildman–Crippen LogP) is 1.34. The molecule has 1 aromatic rings. The van der Waals surface area contributed by atoms with Crippen molar-refractivity contribution in [3.8, 4) is 0 Å². The number of anilines is 1. The maximum absolute atomic E-state index is 12.9. The van der Waals surface area contributed by atoms with E-state index < -0.39 is 17.4 Å². The summed E-state index contributed by atoms with van der Waals surface area (Å²) in [6.07, 6.45) is 0. The van der Waals surface area contributed by atoms with Gasteiger partial charge in [-0.1, -0.05) is 0 Å². The molecular weight excluding hydrogens is 233 g/mol. The van der Waals surface area contributed by atoms with Crippen molar-refractivity contribution in [2.45, 2.75) is 17.4 Å². The fraction of sp³-hybridized carbons (Fsp3) is 0.300. The summed E-state index contributed by atoms with van der Waals surface area (Å²) in [5.41, 5.74) is 4.07. The van der Waals surface area contributed by atoms with E-state index in [2.05, 4.69) is 0 Å². The molecule has 1 rings (SSSR count). The van der Waals surface area contributed by atoms with Crippen LogP contribution in [-0.4, -0.2) is 27.5 Å². The second-order valence-corrected chi connectivity index (χ2v) is 4.57. The lowest BCUT2D eigenvalue weighted by molar-refractivity contribution is -0.154. The second kappa shape index (κ2) is 4.71. The van der Waals surface area contributed by atoms with Crippen molar-refractivity contribution in [2.75, 3.05) is 11.5 Å². The molecule has 0 amide bonds. The monoisotopic (exact) mass is 245 g/mol. The van der Waals surface area contributed by atoms with E-state index in [4.69, 9.17) is 10.8 Å². The molecule has 1 aromatic carbocycles. The maximum atomic E-state index is 12.9. The molecule has 0 aliphatic rings. The number of hydrogen-bond acceptors (Lipinski definition) is 4. The average molecular weight is 245 g/mol. The van der Waals surface area contributed by atoms with E-state index >= 15 is 0 Å². The molecule has 1 atom stereocenters. The Morgan fingerprint density at radius 3 is 2.81 bits per heavy atom. The van der Waals surface area contributed by atoms with Gasteiger partial charge in [-0.25, -0.2) is 9.18 Å². The van der Waals surface area contributed by atoms with Crippen LogP contribution in [0.2, 0.25) is 0 Å². The molecule has 0 saturated carbocycles. The first-order valence-corrected chi connectivity index (χ1v) is 5.45. The zero-order valence-electron chi connectivity index (χ0n) is 8.61. The number of hydrogen-bond donors (Lipinski definition) is 3. The number of thioether (sulfide) groups is 1. The van der Waals surface area contributed by atoms with Gasteiger partial charge >= 0.3 is 5.97 Å². The molecule has 88 valence electrons. The van der Waals surface area contributed by atoms with Crippen LogP contribution in [0.1, 0.15) is 6.92 Å². The minimum absolute atomic E-state index is 0.101. The van der Waals surface area contributed by atoms with Crippen LogP contribution in [-0.2, 0) is 4.79 Å². The molecule has 0 aromatic heterocycles. The second-order valence-electron chi connectivity index (χ2n) is 3.55. The SMILES string of the molecule is CC(O)(CSc1cc(F)ccc1N)C(=O)O. The number of nitrogen functional groups attached to an aromatic ring is 1. The van der Waals surface area contributed by atoms with Crippen molar-refractivity contribution in [3.05, 3.63) is 24.0 Å². The quantitative estimate of drug-likeness (QED) is 0.550. The molecule has 0 aliphatic carbocycles. The lowest BCUT2D eigenvalue weighted by atomic mass is 10.1. The minimum Gasteiger partial charge on any atom is -0.479 e. The minimum atomic E-state index is -1.86. The number of nitrogens with two attached hydrogens (primary N) is 1. The zero-order valence-corrected chi connectivity index (χ0v) is 9.42. The van der Waals surface area contributed by atoms with Gasteiger partial charge in [-0.3, -0.25) is 0 Å². The first-order chi connectivity index (χ1) is 7.33. The summed E-state index contributed by atoms with van der Waals surface area (Å²) in [4.78, 5) is 11.0. The van der Waals surface area contributed by atoms with Gasteiger partial charge < -0.3 is 15.9 Å². The maximum Gasteiger partial charge on any atom is 0.336 e. The summed E-state index contributed by atoms with van der Waals surface area (Å²) in [6, 6.07) is 3.82. The highest BCUT2D eigenvalue weighted by Crippen LogP contribution is 2.28. The molecule has 4 nitrogen and oxygen atoms in total. The van der Waals surface area contributed by atoms with E-state index in [1.807, 2.05) is 0 Å². The summed E-state index contributed by atoms with van der Waals surface area (Å²) in [6.45, 7) is 1.18. The first kappa shape index (κ1) is 12.8. The van der Waals surface area contributed by atoms with Crippen molar-refractivity contribution in [2.24, 2.45) is 0 Å². The lowest BCUT2D eigenvalue weighted by Crippen LogP contribution is -2.37. The molecule has 6 heteroatoms. The molecule has 4 N–H and O–H groups in total. The average Bonchev–Trinajstić information content (AvgIpc) is 2.19. The lowest BCUT2D eigenvalue weighted by Gasteiger charge is -2.17. The van der Waals surface area contributed by atoms with E-state index in [-0.39, 0.29) is 5.75 Å². The molecule has 0 bridgehead atoms. The van der Waals surface area contributed by atoms with Crippen molar-refractivity contribution in [1.29, 1.82) is 0 Å². The van der Waals surface area contributed by atoms with E-state index in [1.54, 1.807) is 0 Å². The van der Waals surface area contributed by atoms with E-state index in [0.717, 1.165) is 11.8 Å². The van der Waals surface area contributed by atoms with Crippen LogP contribution in [0.15, 0.2) is 23.1 Å². The fourth-order valence-corrected chi connectivity index (χ4v) is 1.90. The highest BCUT2D eigenvalue weighted by atomic mass is 32.2. The Bertz CT molecular complexity index is 409. The molecule has 0 spiro atoms. The van der Waals surface area contributed by atoms with Gasteiger partial charge in [0.25, 0.3) is 0 Å². The van der Waals surface area contributed by atoms with Gasteiger partial charge in [0.05, 0.1) is 0 Å². The normalized spacial score (nSPS) is 14.4. The van der Waals surface area contributed by atoms with Crippen LogP contribution in [0.25, 0.3) is 0 Å². The Morgan fingerprint density at radius 2 is 2.25 bits per heavy atom. The number of carbonyl (C=O) groups is 1. The number of aliphatic hydroxyl groups is 1. The van der Waals surface area contributed by atoms with Gasteiger partial charge in [0.2, 0.25) is 0 Å². The third kappa shape index (κ3) is 3.11. The Labute approximate surface area is 96.3 Å². The van der Waals surface area contributed by atoms with E-state index in [9.17, 15) is 14.3 Å². The van der Waals surface area contributed by atoms with Crippen LogP contribution in [0.4, 0.5) is 10.1 Å². The summed E-state index contributed by atoms with van der Waals surface area (Å²) >= 11 is 1.00. The van der Waals surface area contributed by atoms with Gasteiger partial charge in [0.1, 0.15) is 5.82 Å². The summed E-state index contributed by atoms with van der Waals surface area (Å²) in [7, 11) is 0. The van der Waals surface area contributed by atoms with Gasteiger partial charge in [-0.05, 0) is 25.1 Å². The van der Waals surface area contributed by atoms with Crippen molar-refractivity contribution >= 4 is 23.4 Å². The third-order valence-electron chi connectivity index (χ3n) is 1.95. The standard InChI is InChI=1S/C10H12FNO3S/c1-10(15,9(13)14)5-16-8-4-6(11)2-3-7(8)12/h2-4,15H,5,12H2,1H3,(H,13,14). The Hall–Kier alpha value is -1.27. The van der Waals surface area contributed by atoms with Gasteiger partial charge in [-0.15, -0.1) is 11.8 Å². The van der Waals surface area contributed by atoms with Crippen LogP contribution in [0.5, 0.6) is 0 Å². The Balaban J connectivity index is 2.75.